The lowest BCUT2D eigenvalue weighted by atomic mass is 10.2. The van der Waals surface area contributed by atoms with Crippen LogP contribution in [0.4, 0.5) is 10.6 Å². The number of carboxylic acids is 1. The fourth-order valence-electron chi connectivity index (χ4n) is 1.67. The number of amides is 2. The van der Waals surface area contributed by atoms with E-state index in [2.05, 4.69) is 15.8 Å². The van der Waals surface area contributed by atoms with Gasteiger partial charge in [0.2, 0.25) is 0 Å². The monoisotopic (exact) mass is 289 g/mol. The van der Waals surface area contributed by atoms with Crippen LogP contribution in [0.1, 0.15) is 12.8 Å². The Kier molecular flexibility index (Phi) is 4.92. The zero-order valence-electron chi connectivity index (χ0n) is 11.2. The highest BCUT2D eigenvalue weighted by Gasteiger charge is 2.09. The van der Waals surface area contributed by atoms with Crippen LogP contribution in [0.25, 0.3) is 11.3 Å². The molecule has 7 nitrogen and oxygen atoms in total. The van der Waals surface area contributed by atoms with Gasteiger partial charge in [-0.15, -0.1) is 0 Å². The van der Waals surface area contributed by atoms with Crippen LogP contribution in [-0.4, -0.2) is 28.8 Å². The van der Waals surface area contributed by atoms with Gasteiger partial charge in [-0.25, -0.2) is 4.79 Å². The number of carbonyl (C=O) groups is 2. The van der Waals surface area contributed by atoms with Crippen LogP contribution in [0.3, 0.4) is 0 Å². The molecule has 2 rings (SSSR count). The lowest BCUT2D eigenvalue weighted by Crippen LogP contribution is -2.29. The third kappa shape index (κ3) is 4.64. The number of rotatable bonds is 6. The summed E-state index contributed by atoms with van der Waals surface area (Å²) in [5, 5.41) is 17.3. The van der Waals surface area contributed by atoms with Crippen molar-refractivity contribution in [3.05, 3.63) is 36.4 Å². The highest BCUT2D eigenvalue weighted by atomic mass is 16.5. The van der Waals surface area contributed by atoms with E-state index in [-0.39, 0.29) is 13.0 Å². The minimum atomic E-state index is -0.888. The van der Waals surface area contributed by atoms with Crippen LogP contribution in [-0.2, 0) is 4.79 Å². The molecule has 3 N–H and O–H groups in total. The van der Waals surface area contributed by atoms with Crippen molar-refractivity contribution < 1.29 is 19.2 Å². The molecule has 0 aliphatic carbocycles. The van der Waals surface area contributed by atoms with E-state index < -0.39 is 12.0 Å². The quantitative estimate of drug-likeness (QED) is 0.708. The molecule has 0 saturated carbocycles. The highest BCUT2D eigenvalue weighted by Crippen LogP contribution is 2.21. The number of hydrogen-bond acceptors (Lipinski definition) is 4. The van der Waals surface area contributed by atoms with E-state index in [0.717, 1.165) is 5.56 Å². The summed E-state index contributed by atoms with van der Waals surface area (Å²) < 4.78 is 5.14. The first-order valence-corrected chi connectivity index (χ1v) is 6.44. The maximum Gasteiger partial charge on any atom is 0.320 e. The van der Waals surface area contributed by atoms with Gasteiger partial charge in [-0.3, -0.25) is 10.1 Å². The van der Waals surface area contributed by atoms with E-state index in [0.29, 0.717) is 18.0 Å². The number of aromatic nitrogens is 1. The third-order valence-electron chi connectivity index (χ3n) is 2.66. The summed E-state index contributed by atoms with van der Waals surface area (Å²) in [6.07, 6.45) is 0.388. The molecule has 1 aromatic heterocycles. The van der Waals surface area contributed by atoms with E-state index >= 15 is 0 Å². The standard InChI is InChI=1S/C14H15N3O4/c18-13(19)7-4-8-15-14(20)16-12-9-11(21-17-12)10-5-2-1-3-6-10/h1-3,5-6,9H,4,7-8H2,(H,18,19)(H2,15,16,17,20). The summed E-state index contributed by atoms with van der Waals surface area (Å²) in [6.45, 7) is 0.279. The van der Waals surface area contributed by atoms with E-state index in [1.807, 2.05) is 30.3 Å². The lowest BCUT2D eigenvalue weighted by molar-refractivity contribution is -0.137. The largest absolute Gasteiger partial charge is 0.481 e. The Hall–Kier alpha value is -2.83. The molecule has 0 saturated heterocycles. The van der Waals surface area contributed by atoms with Crippen molar-refractivity contribution in [2.75, 3.05) is 11.9 Å². The van der Waals surface area contributed by atoms with Gasteiger partial charge >= 0.3 is 12.0 Å². The second-order valence-electron chi connectivity index (χ2n) is 4.32. The van der Waals surface area contributed by atoms with Gasteiger partial charge in [0.25, 0.3) is 0 Å². The fourth-order valence-corrected chi connectivity index (χ4v) is 1.67. The Morgan fingerprint density at radius 1 is 1.24 bits per heavy atom. The van der Waals surface area contributed by atoms with Crippen molar-refractivity contribution in [3.63, 3.8) is 0 Å². The Labute approximate surface area is 120 Å². The van der Waals surface area contributed by atoms with E-state index in [4.69, 9.17) is 9.63 Å². The Morgan fingerprint density at radius 3 is 2.71 bits per heavy atom. The van der Waals surface area contributed by atoms with Crippen molar-refractivity contribution in [1.82, 2.24) is 10.5 Å². The zero-order valence-corrected chi connectivity index (χ0v) is 11.2. The van der Waals surface area contributed by atoms with E-state index in [1.54, 1.807) is 6.07 Å². The molecule has 110 valence electrons. The van der Waals surface area contributed by atoms with Gasteiger partial charge in [-0.05, 0) is 6.42 Å². The van der Waals surface area contributed by atoms with Crippen LogP contribution < -0.4 is 10.6 Å². The van der Waals surface area contributed by atoms with Crippen LogP contribution in [0.5, 0.6) is 0 Å². The van der Waals surface area contributed by atoms with Crippen molar-refractivity contribution in [2.24, 2.45) is 0 Å². The molecule has 2 aromatic rings. The second-order valence-corrected chi connectivity index (χ2v) is 4.32. The Balaban J connectivity index is 1.82. The maximum absolute atomic E-state index is 11.6. The molecule has 0 fully saturated rings. The summed E-state index contributed by atoms with van der Waals surface area (Å²) in [5.41, 5.74) is 0.861. The SMILES string of the molecule is O=C(O)CCCNC(=O)Nc1cc(-c2ccccc2)on1. The molecule has 21 heavy (non-hydrogen) atoms. The first-order valence-electron chi connectivity index (χ1n) is 6.44. The van der Waals surface area contributed by atoms with Crippen LogP contribution >= 0.6 is 0 Å². The van der Waals surface area contributed by atoms with Gasteiger partial charge in [0.05, 0.1) is 0 Å². The van der Waals surface area contributed by atoms with Crippen molar-refractivity contribution >= 4 is 17.8 Å². The Bertz CT molecular complexity index is 610. The van der Waals surface area contributed by atoms with Gasteiger partial charge in [-0.2, -0.15) is 0 Å². The van der Waals surface area contributed by atoms with Crippen molar-refractivity contribution in [3.8, 4) is 11.3 Å². The second kappa shape index (κ2) is 7.09. The molecule has 0 aliphatic heterocycles. The normalized spacial score (nSPS) is 10.1. The average Bonchev–Trinajstić information content (AvgIpc) is 2.93. The van der Waals surface area contributed by atoms with Crippen LogP contribution in [0.15, 0.2) is 40.9 Å². The number of anilines is 1. The van der Waals surface area contributed by atoms with E-state index in [1.165, 1.54) is 0 Å². The molecule has 0 bridgehead atoms. The predicted octanol–water partition coefficient (Wildman–Crippen LogP) is 2.33. The van der Waals surface area contributed by atoms with Gasteiger partial charge in [-0.1, -0.05) is 35.5 Å². The number of carbonyl (C=O) groups excluding carboxylic acids is 1. The van der Waals surface area contributed by atoms with Crippen LogP contribution in [0, 0.1) is 0 Å². The number of aliphatic carboxylic acids is 1. The molecule has 1 heterocycles. The minimum absolute atomic E-state index is 0.0163. The minimum Gasteiger partial charge on any atom is -0.481 e. The third-order valence-corrected chi connectivity index (χ3v) is 2.66. The maximum atomic E-state index is 11.6. The number of urea groups is 1. The lowest BCUT2D eigenvalue weighted by Gasteiger charge is -2.03. The summed E-state index contributed by atoms with van der Waals surface area (Å²) in [6, 6.07) is 10.6. The number of nitrogens with zero attached hydrogens (tertiary/aromatic N) is 1. The van der Waals surface area contributed by atoms with Crippen molar-refractivity contribution in [1.29, 1.82) is 0 Å². The smallest absolute Gasteiger partial charge is 0.320 e. The van der Waals surface area contributed by atoms with E-state index in [9.17, 15) is 9.59 Å². The molecular weight excluding hydrogens is 274 g/mol. The molecule has 0 unspecified atom stereocenters. The molecule has 7 heteroatoms. The molecule has 1 aromatic carbocycles. The number of carboxylic acid groups (broad SMARTS) is 1. The van der Waals surface area contributed by atoms with Crippen molar-refractivity contribution in [2.45, 2.75) is 12.8 Å². The summed E-state index contributed by atoms with van der Waals surface area (Å²) in [5.74, 6) is -0.0393. The number of benzene rings is 1. The molecule has 0 radical (unpaired) electrons. The van der Waals surface area contributed by atoms with Gasteiger partial charge in [0.15, 0.2) is 11.6 Å². The topological polar surface area (TPSA) is 104 Å². The average molecular weight is 289 g/mol. The molecular formula is C14H15N3O4. The first-order chi connectivity index (χ1) is 10.1. The van der Waals surface area contributed by atoms with Gasteiger partial charge in [0, 0.05) is 24.6 Å². The summed E-state index contributed by atoms with van der Waals surface area (Å²) in [4.78, 5) is 21.9. The Morgan fingerprint density at radius 2 is 2.00 bits per heavy atom. The van der Waals surface area contributed by atoms with Crippen LogP contribution in [0.2, 0.25) is 0 Å². The number of nitrogens with one attached hydrogen (secondary N) is 2. The zero-order chi connectivity index (χ0) is 15.1. The van der Waals surface area contributed by atoms with Gasteiger partial charge in [0.1, 0.15) is 0 Å². The van der Waals surface area contributed by atoms with Gasteiger partial charge < -0.3 is 14.9 Å². The number of hydrogen-bond donors (Lipinski definition) is 3. The predicted molar refractivity (Wildman–Crippen MR) is 75.8 cm³/mol. The summed E-state index contributed by atoms with van der Waals surface area (Å²) in [7, 11) is 0. The molecule has 0 atom stereocenters. The molecule has 0 aliphatic rings. The summed E-state index contributed by atoms with van der Waals surface area (Å²) >= 11 is 0. The first kappa shape index (κ1) is 14.6. The highest BCUT2D eigenvalue weighted by molar-refractivity contribution is 5.88. The molecule has 0 spiro atoms. The fraction of sp³-hybridized carbons (Fsp3) is 0.214. The molecule has 2 amide bonds.